The maximum Gasteiger partial charge on any atom is 0.261 e. The molecule has 126 valence electrons. The molecule has 4 nitrogen and oxygen atoms in total. The lowest BCUT2D eigenvalue weighted by atomic mass is 10.1. The van der Waals surface area contributed by atoms with Gasteiger partial charge in [-0.2, -0.15) is 0 Å². The maximum atomic E-state index is 12.5. The van der Waals surface area contributed by atoms with Gasteiger partial charge in [-0.15, -0.1) is 0 Å². The minimum absolute atomic E-state index is 0.229. The lowest BCUT2D eigenvalue weighted by molar-refractivity contribution is 0.0974. The Morgan fingerprint density at radius 1 is 1.21 bits per heavy atom. The van der Waals surface area contributed by atoms with Crippen LogP contribution in [0.4, 0.5) is 5.69 Å². The summed E-state index contributed by atoms with van der Waals surface area (Å²) in [6.45, 7) is 4.02. The van der Waals surface area contributed by atoms with Crippen LogP contribution in [0.25, 0.3) is 0 Å². The fourth-order valence-corrected chi connectivity index (χ4v) is 3.74. The number of anilines is 1. The topological polar surface area (TPSA) is 50.4 Å². The van der Waals surface area contributed by atoms with Crippen LogP contribution in [-0.2, 0) is 0 Å². The van der Waals surface area contributed by atoms with E-state index in [1.807, 2.05) is 38.1 Å². The Hall–Kier alpha value is -1.44. The van der Waals surface area contributed by atoms with Crippen LogP contribution >= 0.6 is 44.1 Å². The first-order chi connectivity index (χ1) is 11.3. The molecule has 24 heavy (non-hydrogen) atoms. The molecule has 2 rings (SSSR count). The Kier molecular flexibility index (Phi) is 6.37. The van der Waals surface area contributed by atoms with Crippen LogP contribution in [0.15, 0.2) is 39.3 Å². The molecule has 0 atom stereocenters. The van der Waals surface area contributed by atoms with E-state index in [9.17, 15) is 4.79 Å². The van der Waals surface area contributed by atoms with Crippen molar-refractivity contribution < 1.29 is 9.53 Å². The molecular weight excluding hydrogens is 456 g/mol. The zero-order chi connectivity index (χ0) is 17.9. The third-order valence-electron chi connectivity index (χ3n) is 3.54. The summed E-state index contributed by atoms with van der Waals surface area (Å²) in [7, 11) is 1.51. The van der Waals surface area contributed by atoms with Crippen molar-refractivity contribution in [1.29, 1.82) is 0 Å². The van der Waals surface area contributed by atoms with Crippen molar-refractivity contribution >= 4 is 60.8 Å². The summed E-state index contributed by atoms with van der Waals surface area (Å²) in [4.78, 5) is 12.5. The second kappa shape index (κ2) is 8.09. The Morgan fingerprint density at radius 2 is 1.92 bits per heavy atom. The summed E-state index contributed by atoms with van der Waals surface area (Å²) in [5, 5.41) is 5.96. The number of methoxy groups -OCH3 is 1. The van der Waals surface area contributed by atoms with Crippen LogP contribution < -0.4 is 15.4 Å². The second-order valence-electron chi connectivity index (χ2n) is 5.12. The van der Waals surface area contributed by atoms with E-state index in [1.54, 1.807) is 6.07 Å². The molecule has 0 spiro atoms. The molecule has 0 aliphatic heterocycles. The monoisotopic (exact) mass is 470 g/mol. The fraction of sp³-hybridized carbons (Fsp3) is 0.176. The molecule has 0 aliphatic rings. The molecule has 0 aliphatic carbocycles. The normalized spacial score (nSPS) is 10.2. The van der Waals surface area contributed by atoms with Crippen LogP contribution in [0.5, 0.6) is 5.75 Å². The first kappa shape index (κ1) is 18.9. The Morgan fingerprint density at radius 3 is 2.58 bits per heavy atom. The highest BCUT2D eigenvalue weighted by molar-refractivity contribution is 9.11. The van der Waals surface area contributed by atoms with E-state index in [-0.39, 0.29) is 11.0 Å². The number of carbonyl (C=O) groups excluding carboxylic acids is 1. The van der Waals surface area contributed by atoms with Gasteiger partial charge in [-0.25, -0.2) is 0 Å². The van der Waals surface area contributed by atoms with Crippen molar-refractivity contribution in [3.8, 4) is 5.75 Å². The van der Waals surface area contributed by atoms with E-state index in [1.165, 1.54) is 7.11 Å². The van der Waals surface area contributed by atoms with Gasteiger partial charge in [0.25, 0.3) is 5.91 Å². The van der Waals surface area contributed by atoms with Gasteiger partial charge < -0.3 is 10.1 Å². The maximum absolute atomic E-state index is 12.5. The van der Waals surface area contributed by atoms with Gasteiger partial charge in [0.15, 0.2) is 5.11 Å². The Labute approximate surface area is 163 Å². The van der Waals surface area contributed by atoms with E-state index in [0.29, 0.717) is 15.8 Å². The van der Waals surface area contributed by atoms with Crippen LogP contribution in [-0.4, -0.2) is 18.1 Å². The van der Waals surface area contributed by atoms with Crippen molar-refractivity contribution in [3.05, 3.63) is 56.0 Å². The number of benzene rings is 2. The summed E-state index contributed by atoms with van der Waals surface area (Å²) >= 11 is 12.0. The van der Waals surface area contributed by atoms with E-state index in [2.05, 4.69) is 42.5 Å². The standard InChI is InChI=1S/C17H16Br2N2O2S/c1-9-5-4-6-14(10(9)2)20-17(24)21-16(22)12-7-11(18)8-13(19)15(12)23-3/h4-8H,1-3H3,(H2,20,21,22,24). The number of hydrogen-bond acceptors (Lipinski definition) is 3. The van der Waals surface area contributed by atoms with Gasteiger partial charge in [0, 0.05) is 10.2 Å². The van der Waals surface area contributed by atoms with E-state index in [4.69, 9.17) is 17.0 Å². The molecule has 2 aromatic rings. The van der Waals surface area contributed by atoms with Crippen LogP contribution in [0.1, 0.15) is 21.5 Å². The first-order valence-electron chi connectivity index (χ1n) is 7.05. The zero-order valence-corrected chi connectivity index (χ0v) is 17.4. The molecular formula is C17H16Br2N2O2S. The molecule has 7 heteroatoms. The molecule has 2 aromatic carbocycles. The largest absolute Gasteiger partial charge is 0.495 e. The van der Waals surface area contributed by atoms with E-state index >= 15 is 0 Å². The van der Waals surface area contributed by atoms with Crippen LogP contribution in [0.3, 0.4) is 0 Å². The number of nitrogens with one attached hydrogen (secondary N) is 2. The predicted octanol–water partition coefficient (Wildman–Crippen LogP) is 4.96. The smallest absolute Gasteiger partial charge is 0.261 e. The molecule has 1 amide bonds. The van der Waals surface area contributed by atoms with Gasteiger partial charge in [0.05, 0.1) is 17.1 Å². The predicted molar refractivity (Wildman–Crippen MR) is 108 cm³/mol. The van der Waals surface area contributed by atoms with E-state index in [0.717, 1.165) is 21.3 Å². The summed E-state index contributed by atoms with van der Waals surface area (Å²) in [6.07, 6.45) is 0. The van der Waals surface area contributed by atoms with Crippen LogP contribution in [0.2, 0.25) is 0 Å². The number of amides is 1. The SMILES string of the molecule is COc1c(Br)cc(Br)cc1C(=O)NC(=S)Nc1cccc(C)c1C. The van der Waals surface area contributed by atoms with Crippen LogP contribution in [0, 0.1) is 13.8 Å². The number of carbonyl (C=O) groups is 1. The van der Waals surface area contributed by atoms with Crippen molar-refractivity contribution in [2.24, 2.45) is 0 Å². The highest BCUT2D eigenvalue weighted by Gasteiger charge is 2.17. The lowest BCUT2D eigenvalue weighted by Gasteiger charge is -2.15. The highest BCUT2D eigenvalue weighted by atomic mass is 79.9. The van der Waals surface area contributed by atoms with Gasteiger partial charge in [0.2, 0.25) is 0 Å². The van der Waals surface area contributed by atoms with Crippen molar-refractivity contribution in [2.45, 2.75) is 13.8 Å². The third-order valence-corrected chi connectivity index (χ3v) is 4.79. The van der Waals surface area contributed by atoms with Gasteiger partial charge >= 0.3 is 0 Å². The second-order valence-corrected chi connectivity index (χ2v) is 7.30. The number of thiocarbonyl (C=S) groups is 1. The third kappa shape index (κ3) is 4.34. The number of halogens is 2. The molecule has 2 N–H and O–H groups in total. The Bertz CT molecular complexity index is 809. The number of ether oxygens (including phenoxy) is 1. The molecule has 0 heterocycles. The number of rotatable bonds is 3. The van der Waals surface area contributed by atoms with Gasteiger partial charge in [-0.05, 0) is 71.3 Å². The van der Waals surface area contributed by atoms with Gasteiger partial charge in [-0.3, -0.25) is 10.1 Å². The summed E-state index contributed by atoms with van der Waals surface area (Å²) < 4.78 is 6.73. The molecule has 0 fully saturated rings. The van der Waals surface area contributed by atoms with E-state index < -0.39 is 0 Å². The van der Waals surface area contributed by atoms with Crippen molar-refractivity contribution in [2.75, 3.05) is 12.4 Å². The summed E-state index contributed by atoms with van der Waals surface area (Å²) in [6, 6.07) is 9.36. The lowest BCUT2D eigenvalue weighted by Crippen LogP contribution is -2.34. The van der Waals surface area contributed by atoms with Crippen molar-refractivity contribution in [3.63, 3.8) is 0 Å². The molecule has 0 unspecified atom stereocenters. The average Bonchev–Trinajstić information content (AvgIpc) is 2.51. The molecule has 0 saturated heterocycles. The number of hydrogen-bond donors (Lipinski definition) is 2. The molecule has 0 saturated carbocycles. The molecule has 0 aromatic heterocycles. The minimum Gasteiger partial charge on any atom is -0.495 e. The fourth-order valence-electron chi connectivity index (χ4n) is 2.15. The average molecular weight is 472 g/mol. The minimum atomic E-state index is -0.350. The van der Waals surface area contributed by atoms with Gasteiger partial charge in [0.1, 0.15) is 5.75 Å². The van der Waals surface area contributed by atoms with Crippen molar-refractivity contribution in [1.82, 2.24) is 5.32 Å². The zero-order valence-electron chi connectivity index (χ0n) is 13.4. The quantitative estimate of drug-likeness (QED) is 0.621. The summed E-state index contributed by atoms with van der Waals surface area (Å²) in [5.74, 6) is 0.0990. The number of aryl methyl sites for hydroxylation is 1. The highest BCUT2D eigenvalue weighted by Crippen LogP contribution is 2.32. The molecule has 0 radical (unpaired) electrons. The van der Waals surface area contributed by atoms with Gasteiger partial charge in [-0.1, -0.05) is 28.1 Å². The summed E-state index contributed by atoms with van der Waals surface area (Å²) in [5.41, 5.74) is 3.47. The first-order valence-corrected chi connectivity index (χ1v) is 9.04. The molecule has 0 bridgehead atoms. The Balaban J connectivity index is 2.18.